The van der Waals surface area contributed by atoms with Crippen molar-refractivity contribution in [3.8, 4) is 5.75 Å². The van der Waals surface area contributed by atoms with E-state index in [1.165, 1.54) is 5.56 Å². The number of hydrogen-bond donors (Lipinski definition) is 1. The van der Waals surface area contributed by atoms with Crippen LogP contribution in [0.2, 0.25) is 0 Å². The first-order valence-electron chi connectivity index (χ1n) is 9.69. The van der Waals surface area contributed by atoms with Crippen LogP contribution in [-0.4, -0.2) is 17.3 Å². The highest BCUT2D eigenvalue weighted by molar-refractivity contribution is 6.04. The normalized spacial score (nSPS) is 16.0. The number of pyridine rings is 1. The maximum absolute atomic E-state index is 12.1. The number of anilines is 1. The fourth-order valence-electron chi connectivity index (χ4n) is 3.27. The van der Waals surface area contributed by atoms with Gasteiger partial charge in [-0.2, -0.15) is 0 Å². The number of ketones is 1. The van der Waals surface area contributed by atoms with Crippen LogP contribution < -0.4 is 10.1 Å². The van der Waals surface area contributed by atoms with Crippen molar-refractivity contribution >= 4 is 17.2 Å². The van der Waals surface area contributed by atoms with Gasteiger partial charge in [0.15, 0.2) is 5.78 Å². The number of carbonyl (C=O) groups is 1. The number of allylic oxidation sites excluding steroid dienone is 3. The van der Waals surface area contributed by atoms with Gasteiger partial charge in [-0.25, -0.2) is 0 Å². The van der Waals surface area contributed by atoms with Crippen molar-refractivity contribution in [2.75, 3.05) is 11.9 Å². The molecule has 0 unspecified atom stereocenters. The van der Waals surface area contributed by atoms with Crippen LogP contribution in [0, 0.1) is 0 Å². The van der Waals surface area contributed by atoms with Gasteiger partial charge in [0, 0.05) is 42.3 Å². The molecule has 4 rings (SSSR count). The summed E-state index contributed by atoms with van der Waals surface area (Å²) in [7, 11) is 0. The fourth-order valence-corrected chi connectivity index (χ4v) is 3.27. The van der Waals surface area contributed by atoms with E-state index in [9.17, 15) is 4.79 Å². The smallest absolute Gasteiger partial charge is 0.182 e. The van der Waals surface area contributed by atoms with Crippen LogP contribution in [0.1, 0.15) is 16.7 Å². The minimum atomic E-state index is -0.0692. The third-order valence-corrected chi connectivity index (χ3v) is 4.70. The van der Waals surface area contributed by atoms with Gasteiger partial charge in [0.25, 0.3) is 0 Å². The number of benzene rings is 2. The van der Waals surface area contributed by atoms with Crippen LogP contribution in [0.25, 0.3) is 5.76 Å². The highest BCUT2D eigenvalue weighted by Gasteiger charge is 2.13. The molecule has 1 aromatic heterocycles. The molecule has 1 N–H and O–H groups in total. The maximum atomic E-state index is 12.1. The monoisotopic (exact) mass is 382 g/mol. The molecule has 4 nitrogen and oxygen atoms in total. The zero-order chi connectivity index (χ0) is 19.9. The predicted molar refractivity (Wildman–Crippen MR) is 116 cm³/mol. The molecule has 1 heterocycles. The number of ether oxygens (including phenoxy) is 1. The Morgan fingerprint density at radius 1 is 1.03 bits per heavy atom. The molecule has 1 aliphatic rings. The SMILES string of the molecule is O=C1/C=C/Cc2ccccc2/C(Oc2cccc(NCCc3cccnc3)c2)=C\1. The maximum Gasteiger partial charge on any atom is 0.182 e. The lowest BCUT2D eigenvalue weighted by Gasteiger charge is -2.16. The third kappa shape index (κ3) is 4.99. The summed E-state index contributed by atoms with van der Waals surface area (Å²) in [5.41, 5.74) is 4.24. The van der Waals surface area contributed by atoms with Gasteiger partial charge < -0.3 is 10.1 Å². The highest BCUT2D eigenvalue weighted by Crippen LogP contribution is 2.27. The van der Waals surface area contributed by atoms with Gasteiger partial charge in [-0.3, -0.25) is 9.78 Å². The van der Waals surface area contributed by atoms with Crippen molar-refractivity contribution in [1.29, 1.82) is 0 Å². The number of hydrogen-bond acceptors (Lipinski definition) is 4. The predicted octanol–water partition coefficient (Wildman–Crippen LogP) is 4.84. The average Bonchev–Trinajstić information content (AvgIpc) is 2.74. The van der Waals surface area contributed by atoms with Crippen LogP contribution in [0.5, 0.6) is 5.75 Å². The van der Waals surface area contributed by atoms with Crippen molar-refractivity contribution in [3.05, 3.63) is 108 Å². The molecule has 29 heavy (non-hydrogen) atoms. The molecule has 0 radical (unpaired) electrons. The second-order valence-corrected chi connectivity index (χ2v) is 6.84. The molecular weight excluding hydrogens is 360 g/mol. The van der Waals surface area contributed by atoms with Crippen LogP contribution in [0.4, 0.5) is 5.69 Å². The van der Waals surface area contributed by atoms with E-state index in [4.69, 9.17) is 4.74 Å². The summed E-state index contributed by atoms with van der Waals surface area (Å²) in [5, 5.41) is 3.42. The second-order valence-electron chi connectivity index (χ2n) is 6.84. The molecule has 2 aromatic carbocycles. The zero-order valence-electron chi connectivity index (χ0n) is 16.0. The molecule has 144 valence electrons. The van der Waals surface area contributed by atoms with Crippen LogP contribution in [-0.2, 0) is 17.6 Å². The lowest BCUT2D eigenvalue weighted by Crippen LogP contribution is -2.06. The van der Waals surface area contributed by atoms with E-state index in [-0.39, 0.29) is 5.78 Å². The molecule has 0 fully saturated rings. The Morgan fingerprint density at radius 2 is 1.97 bits per heavy atom. The summed E-state index contributed by atoms with van der Waals surface area (Å²) < 4.78 is 6.15. The summed E-state index contributed by atoms with van der Waals surface area (Å²) in [5.74, 6) is 1.19. The molecule has 0 aliphatic heterocycles. The summed E-state index contributed by atoms with van der Waals surface area (Å²) >= 11 is 0. The Bertz CT molecular complexity index is 1060. The van der Waals surface area contributed by atoms with Crippen molar-refractivity contribution in [1.82, 2.24) is 4.98 Å². The summed E-state index contributed by atoms with van der Waals surface area (Å²) in [4.78, 5) is 16.3. The second kappa shape index (κ2) is 9.02. The van der Waals surface area contributed by atoms with Crippen molar-refractivity contribution in [2.24, 2.45) is 0 Å². The van der Waals surface area contributed by atoms with E-state index in [0.717, 1.165) is 29.8 Å². The van der Waals surface area contributed by atoms with Gasteiger partial charge in [-0.1, -0.05) is 42.5 Å². The van der Waals surface area contributed by atoms with Crippen LogP contribution >= 0.6 is 0 Å². The Morgan fingerprint density at radius 3 is 2.86 bits per heavy atom. The quantitative estimate of drug-likeness (QED) is 0.663. The molecule has 0 atom stereocenters. The Hall–Kier alpha value is -3.66. The standard InChI is InChI=1S/C25H22N2O2/c28-22-10-3-8-20-7-1-2-12-24(20)25(17-22)29-23-11-4-9-21(16-23)27-15-13-19-6-5-14-26-18-19/h1-7,9-12,14,16-18,27H,8,13,15H2/b10-3+,25-17+. The minimum Gasteiger partial charge on any atom is -0.457 e. The van der Waals surface area contributed by atoms with Gasteiger partial charge in [0.1, 0.15) is 11.5 Å². The molecule has 4 heteroatoms. The van der Waals surface area contributed by atoms with Crippen molar-refractivity contribution in [2.45, 2.75) is 12.8 Å². The van der Waals surface area contributed by atoms with E-state index < -0.39 is 0 Å². The summed E-state index contributed by atoms with van der Waals surface area (Å²) in [6.45, 7) is 0.796. The molecule has 3 aromatic rings. The van der Waals surface area contributed by atoms with Crippen molar-refractivity contribution < 1.29 is 9.53 Å². The Labute approximate surface area is 170 Å². The minimum absolute atomic E-state index is 0.0692. The number of fused-ring (bicyclic) bond motifs is 1. The van der Waals surface area contributed by atoms with Gasteiger partial charge >= 0.3 is 0 Å². The Kier molecular flexibility index (Phi) is 5.81. The number of nitrogens with zero attached hydrogens (tertiary/aromatic N) is 1. The zero-order valence-corrected chi connectivity index (χ0v) is 16.0. The molecule has 0 spiro atoms. The van der Waals surface area contributed by atoms with Crippen LogP contribution in [0.15, 0.2) is 91.3 Å². The topological polar surface area (TPSA) is 51.2 Å². The average molecular weight is 382 g/mol. The summed E-state index contributed by atoms with van der Waals surface area (Å²) in [6, 6.07) is 19.8. The van der Waals surface area contributed by atoms with E-state index >= 15 is 0 Å². The fraction of sp³-hybridized carbons (Fsp3) is 0.120. The number of rotatable bonds is 6. The first-order valence-corrected chi connectivity index (χ1v) is 9.69. The highest BCUT2D eigenvalue weighted by atomic mass is 16.5. The van der Waals surface area contributed by atoms with Crippen molar-refractivity contribution in [3.63, 3.8) is 0 Å². The van der Waals surface area contributed by atoms with Gasteiger partial charge in [0.05, 0.1) is 0 Å². The van der Waals surface area contributed by atoms with Gasteiger partial charge in [-0.15, -0.1) is 0 Å². The Balaban J connectivity index is 1.49. The number of aromatic nitrogens is 1. The largest absolute Gasteiger partial charge is 0.457 e. The summed E-state index contributed by atoms with van der Waals surface area (Å²) in [6.07, 6.45) is 10.3. The first-order chi connectivity index (χ1) is 14.3. The third-order valence-electron chi connectivity index (χ3n) is 4.70. The number of nitrogens with one attached hydrogen (secondary N) is 1. The van der Waals surface area contributed by atoms with E-state index in [1.54, 1.807) is 18.3 Å². The van der Waals surface area contributed by atoms with E-state index in [1.807, 2.05) is 60.8 Å². The molecule has 0 amide bonds. The molecular formula is C25H22N2O2. The van der Waals surface area contributed by atoms with Gasteiger partial charge in [0.2, 0.25) is 0 Å². The molecule has 1 aliphatic carbocycles. The molecule has 0 saturated carbocycles. The van der Waals surface area contributed by atoms with E-state index in [2.05, 4.69) is 22.4 Å². The van der Waals surface area contributed by atoms with Crippen LogP contribution in [0.3, 0.4) is 0 Å². The van der Waals surface area contributed by atoms with E-state index in [0.29, 0.717) is 17.9 Å². The number of carbonyl (C=O) groups excluding carboxylic acids is 1. The first kappa shape index (κ1) is 18.7. The lowest BCUT2D eigenvalue weighted by atomic mass is 9.99. The van der Waals surface area contributed by atoms with Gasteiger partial charge in [-0.05, 0) is 48.2 Å². The molecule has 0 bridgehead atoms. The lowest BCUT2D eigenvalue weighted by molar-refractivity contribution is -0.110. The molecule has 0 saturated heterocycles.